The molecule has 0 fully saturated rings. The van der Waals surface area contributed by atoms with Crippen molar-refractivity contribution in [2.75, 3.05) is 4.90 Å². The van der Waals surface area contributed by atoms with Gasteiger partial charge in [0.25, 0.3) is 0 Å². The van der Waals surface area contributed by atoms with E-state index in [1.807, 2.05) is 30.3 Å². The van der Waals surface area contributed by atoms with Gasteiger partial charge in [-0.2, -0.15) is 0 Å². The van der Waals surface area contributed by atoms with Crippen molar-refractivity contribution in [1.82, 2.24) is 4.98 Å². The molecule has 3 nitrogen and oxygen atoms in total. The fraction of sp³-hybridized carbons (Fsp3) is 0. The predicted octanol–water partition coefficient (Wildman–Crippen LogP) is 13.8. The molecule has 0 saturated carbocycles. The first-order valence-corrected chi connectivity index (χ1v) is 17.6. The Hall–Kier alpha value is -6.97. The molecule has 9 aromatic carbocycles. The first-order chi connectivity index (χ1) is 25.7. The third kappa shape index (κ3) is 5.28. The molecule has 1 aromatic heterocycles. The van der Waals surface area contributed by atoms with Crippen LogP contribution in [0.4, 0.5) is 17.1 Å². The highest BCUT2D eigenvalue weighted by atomic mass is 16.3. The minimum atomic E-state index is 0.626. The number of aromatic nitrogens is 1. The van der Waals surface area contributed by atoms with Crippen LogP contribution in [0.5, 0.6) is 0 Å². The zero-order valence-electron chi connectivity index (χ0n) is 28.3. The van der Waals surface area contributed by atoms with Gasteiger partial charge in [0, 0.05) is 33.6 Å². The second kappa shape index (κ2) is 12.4. The minimum Gasteiger partial charge on any atom is -0.435 e. The Morgan fingerprint density at radius 3 is 1.75 bits per heavy atom. The zero-order chi connectivity index (χ0) is 34.4. The number of anilines is 3. The number of fused-ring (bicyclic) bond motifs is 5. The molecule has 0 amide bonds. The molecule has 0 aliphatic heterocycles. The lowest BCUT2D eigenvalue weighted by atomic mass is 9.97. The van der Waals surface area contributed by atoms with Crippen LogP contribution in [0.2, 0.25) is 0 Å². The third-order valence-electron chi connectivity index (χ3n) is 10.0. The van der Waals surface area contributed by atoms with Crippen molar-refractivity contribution in [2.45, 2.75) is 0 Å². The second-order valence-electron chi connectivity index (χ2n) is 13.2. The molecule has 244 valence electrons. The van der Waals surface area contributed by atoms with E-state index in [-0.39, 0.29) is 0 Å². The molecule has 0 spiro atoms. The van der Waals surface area contributed by atoms with Crippen molar-refractivity contribution in [3.05, 3.63) is 194 Å². The van der Waals surface area contributed by atoms with Crippen LogP contribution in [0.3, 0.4) is 0 Å². The van der Waals surface area contributed by atoms with E-state index < -0.39 is 0 Å². The van der Waals surface area contributed by atoms with Crippen LogP contribution in [0, 0.1) is 0 Å². The molecule has 0 bridgehead atoms. The van der Waals surface area contributed by atoms with Crippen molar-refractivity contribution in [2.24, 2.45) is 0 Å². The molecule has 0 saturated heterocycles. The summed E-state index contributed by atoms with van der Waals surface area (Å²) in [6.45, 7) is 0. The summed E-state index contributed by atoms with van der Waals surface area (Å²) in [7, 11) is 0. The van der Waals surface area contributed by atoms with Gasteiger partial charge in [0.05, 0.1) is 0 Å². The summed E-state index contributed by atoms with van der Waals surface area (Å²) in [5.41, 5.74) is 10.4. The summed E-state index contributed by atoms with van der Waals surface area (Å²) < 4.78 is 6.58. The van der Waals surface area contributed by atoms with Gasteiger partial charge in [0.15, 0.2) is 5.58 Å². The molecule has 0 aliphatic carbocycles. The maximum absolute atomic E-state index is 6.58. The van der Waals surface area contributed by atoms with Crippen molar-refractivity contribution < 1.29 is 4.42 Å². The first kappa shape index (κ1) is 29.9. The number of rotatable bonds is 6. The summed E-state index contributed by atoms with van der Waals surface area (Å²) >= 11 is 0. The quantitative estimate of drug-likeness (QED) is 0.177. The lowest BCUT2D eigenvalue weighted by Gasteiger charge is -2.26. The maximum Gasteiger partial charge on any atom is 0.227 e. The molecule has 0 aliphatic rings. The van der Waals surface area contributed by atoms with Crippen LogP contribution in [0.15, 0.2) is 199 Å². The van der Waals surface area contributed by atoms with Gasteiger partial charge in [-0.1, -0.05) is 127 Å². The second-order valence-corrected chi connectivity index (χ2v) is 13.2. The third-order valence-corrected chi connectivity index (χ3v) is 10.0. The summed E-state index contributed by atoms with van der Waals surface area (Å²) in [6, 6.07) is 68.8. The zero-order valence-corrected chi connectivity index (χ0v) is 28.3. The summed E-state index contributed by atoms with van der Waals surface area (Å²) in [6.07, 6.45) is 0. The lowest BCUT2D eigenvalue weighted by Crippen LogP contribution is -2.09. The number of hydrogen-bond acceptors (Lipinski definition) is 3. The molecule has 52 heavy (non-hydrogen) atoms. The smallest absolute Gasteiger partial charge is 0.227 e. The van der Waals surface area contributed by atoms with Crippen molar-refractivity contribution in [1.29, 1.82) is 0 Å². The normalized spacial score (nSPS) is 11.5. The Morgan fingerprint density at radius 2 is 0.942 bits per heavy atom. The Kier molecular flexibility index (Phi) is 7.14. The molecular formula is C49H32N2O. The SMILES string of the molecule is c1ccc(-c2nc3c(o2)c(-c2ccc4ccc(N(c5ccccc5)c5ccc(-c6ccc7ccccc7c6)cc5)cc4c2)cc2ccccc23)cc1. The van der Waals surface area contributed by atoms with Crippen LogP contribution in [0.1, 0.15) is 0 Å². The number of oxazole rings is 1. The fourth-order valence-electron chi connectivity index (χ4n) is 7.40. The molecule has 10 aromatic rings. The average molecular weight is 665 g/mol. The Bertz CT molecular complexity index is 2890. The van der Waals surface area contributed by atoms with Crippen LogP contribution in [-0.4, -0.2) is 4.98 Å². The highest BCUT2D eigenvalue weighted by molar-refractivity contribution is 6.11. The minimum absolute atomic E-state index is 0.626. The van der Waals surface area contributed by atoms with E-state index >= 15 is 0 Å². The van der Waals surface area contributed by atoms with E-state index in [1.54, 1.807) is 0 Å². The van der Waals surface area contributed by atoms with Crippen LogP contribution in [-0.2, 0) is 0 Å². The number of nitrogens with zero attached hydrogens (tertiary/aromatic N) is 2. The first-order valence-electron chi connectivity index (χ1n) is 17.6. The highest BCUT2D eigenvalue weighted by Gasteiger charge is 2.18. The summed E-state index contributed by atoms with van der Waals surface area (Å²) in [4.78, 5) is 7.36. The number of benzene rings is 9. The fourth-order valence-corrected chi connectivity index (χ4v) is 7.40. The van der Waals surface area contributed by atoms with E-state index in [9.17, 15) is 0 Å². The van der Waals surface area contributed by atoms with Crippen molar-refractivity contribution >= 4 is 60.5 Å². The molecule has 0 atom stereocenters. The lowest BCUT2D eigenvalue weighted by molar-refractivity contribution is 0.621. The van der Waals surface area contributed by atoms with Crippen LogP contribution >= 0.6 is 0 Å². The number of para-hydroxylation sites is 1. The molecular weight excluding hydrogens is 633 g/mol. The largest absolute Gasteiger partial charge is 0.435 e. The molecule has 10 rings (SSSR count). The van der Waals surface area contributed by atoms with Gasteiger partial charge in [0.1, 0.15) is 5.52 Å². The van der Waals surface area contributed by atoms with E-state index in [4.69, 9.17) is 9.40 Å². The van der Waals surface area contributed by atoms with Gasteiger partial charge < -0.3 is 9.32 Å². The predicted molar refractivity (Wildman–Crippen MR) is 218 cm³/mol. The van der Waals surface area contributed by atoms with Gasteiger partial charge >= 0.3 is 0 Å². The van der Waals surface area contributed by atoms with Gasteiger partial charge in [0.2, 0.25) is 5.89 Å². The van der Waals surface area contributed by atoms with E-state index in [2.05, 4.69) is 169 Å². The van der Waals surface area contributed by atoms with Gasteiger partial charge in [-0.25, -0.2) is 4.98 Å². The average Bonchev–Trinajstić information content (AvgIpc) is 3.67. The van der Waals surface area contributed by atoms with Gasteiger partial charge in [-0.3, -0.25) is 0 Å². The van der Waals surface area contributed by atoms with E-state index in [1.165, 1.54) is 27.3 Å². The van der Waals surface area contributed by atoms with E-state index in [0.717, 1.165) is 61.0 Å². The molecule has 0 N–H and O–H groups in total. The Morgan fingerprint density at radius 1 is 0.365 bits per heavy atom. The monoisotopic (exact) mass is 664 g/mol. The van der Waals surface area contributed by atoms with Crippen LogP contribution < -0.4 is 4.90 Å². The standard InChI is InChI=1S/C49H32N2O/c1-3-12-36(13-4-1)49-50-47-45-18-10-9-15-39(45)32-46(48(47)52-49)40-22-20-35-25-28-44(31-41(35)30-40)51(42-16-5-2-6-17-42)43-26-23-34(24-27-43)38-21-19-33-11-7-8-14-37(33)29-38/h1-32H. The number of hydrogen-bond donors (Lipinski definition) is 0. The maximum atomic E-state index is 6.58. The van der Waals surface area contributed by atoms with E-state index in [0.29, 0.717) is 5.89 Å². The summed E-state index contributed by atoms with van der Waals surface area (Å²) in [5.74, 6) is 0.626. The molecule has 0 radical (unpaired) electrons. The van der Waals surface area contributed by atoms with Gasteiger partial charge in [-0.15, -0.1) is 0 Å². The van der Waals surface area contributed by atoms with Crippen molar-refractivity contribution in [3.63, 3.8) is 0 Å². The van der Waals surface area contributed by atoms with Crippen LogP contribution in [0.25, 0.3) is 77.1 Å². The molecule has 0 unspecified atom stereocenters. The highest BCUT2D eigenvalue weighted by Crippen LogP contribution is 2.41. The Labute approximate surface area is 301 Å². The van der Waals surface area contributed by atoms with Crippen molar-refractivity contribution in [3.8, 4) is 33.7 Å². The summed E-state index contributed by atoms with van der Waals surface area (Å²) in [5, 5.41) is 7.03. The topological polar surface area (TPSA) is 29.3 Å². The Balaban J connectivity index is 1.08. The molecule has 3 heteroatoms. The molecule has 1 heterocycles. The van der Waals surface area contributed by atoms with Gasteiger partial charge in [-0.05, 0) is 110 Å².